The molecule has 0 fully saturated rings. The van der Waals surface area contributed by atoms with Gasteiger partial charge in [-0.15, -0.1) is 0 Å². The molecular formula is C5H11LiO5. The van der Waals surface area contributed by atoms with E-state index in [0.29, 0.717) is 0 Å². The number of carboxylic acid groups (broad SMARTS) is 2. The van der Waals surface area contributed by atoms with Crippen molar-refractivity contribution in [2.24, 2.45) is 0 Å². The molecule has 0 aromatic carbocycles. The van der Waals surface area contributed by atoms with E-state index < -0.39 is 11.9 Å². The molecule has 62 valence electrons. The molecule has 0 aromatic heterocycles. The van der Waals surface area contributed by atoms with Gasteiger partial charge in [0.15, 0.2) is 0 Å². The van der Waals surface area contributed by atoms with Crippen molar-refractivity contribution in [2.45, 2.75) is 19.3 Å². The van der Waals surface area contributed by atoms with E-state index in [9.17, 15) is 9.59 Å². The van der Waals surface area contributed by atoms with Gasteiger partial charge < -0.3 is 17.1 Å². The van der Waals surface area contributed by atoms with Crippen molar-refractivity contribution in [3.05, 3.63) is 0 Å². The largest absolute Gasteiger partial charge is 1.00 e. The molecule has 0 radical (unpaired) electrons. The van der Waals surface area contributed by atoms with Gasteiger partial charge in [-0.3, -0.25) is 9.59 Å². The van der Waals surface area contributed by atoms with Crippen LogP contribution in [0.25, 0.3) is 0 Å². The van der Waals surface area contributed by atoms with Gasteiger partial charge in [-0.2, -0.15) is 0 Å². The molecule has 0 amide bonds. The van der Waals surface area contributed by atoms with Crippen LogP contribution in [0.2, 0.25) is 0 Å². The van der Waals surface area contributed by atoms with Crippen molar-refractivity contribution in [1.82, 2.24) is 0 Å². The third-order valence-electron chi connectivity index (χ3n) is 0.781. The van der Waals surface area contributed by atoms with Crippen molar-refractivity contribution in [3.8, 4) is 0 Å². The molecule has 6 heteroatoms. The van der Waals surface area contributed by atoms with Crippen LogP contribution >= 0.6 is 0 Å². The van der Waals surface area contributed by atoms with E-state index in [4.69, 9.17) is 10.2 Å². The van der Waals surface area contributed by atoms with Gasteiger partial charge in [0.25, 0.3) is 0 Å². The molecule has 4 N–H and O–H groups in total. The summed E-state index contributed by atoms with van der Waals surface area (Å²) in [6.07, 6.45) is 0.0866. The Morgan fingerprint density at radius 1 is 1.09 bits per heavy atom. The molecular weight excluding hydrogens is 147 g/mol. The van der Waals surface area contributed by atoms with Gasteiger partial charge in [0.05, 0.1) is 0 Å². The number of hydrogen-bond donors (Lipinski definition) is 2. The van der Waals surface area contributed by atoms with E-state index in [1.165, 1.54) is 0 Å². The Bertz CT molecular complexity index is 115. The molecule has 0 aliphatic carbocycles. The van der Waals surface area contributed by atoms with Crippen LogP contribution < -0.4 is 18.9 Å². The smallest absolute Gasteiger partial charge is 1.00 e. The summed E-state index contributed by atoms with van der Waals surface area (Å²) in [4.78, 5) is 19.6. The molecule has 0 aromatic rings. The zero-order valence-corrected chi connectivity index (χ0v) is 6.33. The van der Waals surface area contributed by atoms with E-state index in [-0.39, 0.29) is 45.0 Å². The Morgan fingerprint density at radius 2 is 1.36 bits per heavy atom. The van der Waals surface area contributed by atoms with Crippen molar-refractivity contribution < 1.29 is 45.6 Å². The fourth-order valence-electron chi connectivity index (χ4n) is 0.391. The van der Waals surface area contributed by atoms with Crippen molar-refractivity contribution in [3.63, 3.8) is 0 Å². The fraction of sp³-hybridized carbons (Fsp3) is 0.600. The minimum atomic E-state index is -0.948. The van der Waals surface area contributed by atoms with Gasteiger partial charge in [0.1, 0.15) is 0 Å². The normalized spacial score (nSPS) is 7.27. The first-order chi connectivity index (χ1) is 4.13. The Balaban J connectivity index is -0.000000107. The Labute approximate surface area is 77.4 Å². The molecule has 0 atom stereocenters. The second kappa shape index (κ2) is 9.50. The average Bonchev–Trinajstić information content (AvgIpc) is 1.63. The molecule has 0 saturated carbocycles. The molecule has 0 saturated heterocycles. The second-order valence-electron chi connectivity index (χ2n) is 1.64. The van der Waals surface area contributed by atoms with Crippen LogP contribution in [0.5, 0.6) is 0 Å². The third kappa shape index (κ3) is 17.7. The molecule has 0 unspecified atom stereocenters. The molecule has 5 nitrogen and oxygen atoms in total. The van der Waals surface area contributed by atoms with E-state index >= 15 is 0 Å². The summed E-state index contributed by atoms with van der Waals surface area (Å²) >= 11 is 0. The number of hydrogen-bond acceptors (Lipinski definition) is 2. The van der Waals surface area contributed by atoms with Crippen LogP contribution in [0, 0.1) is 0 Å². The first-order valence-corrected chi connectivity index (χ1v) is 2.56. The summed E-state index contributed by atoms with van der Waals surface area (Å²) in [6, 6.07) is 0. The van der Waals surface area contributed by atoms with Gasteiger partial charge in [0.2, 0.25) is 0 Å². The number of carbonyl (C=O) groups is 2. The average molecular weight is 158 g/mol. The Kier molecular flexibility index (Phi) is 14.5. The monoisotopic (exact) mass is 158 g/mol. The maximum Gasteiger partial charge on any atom is 1.00 e. The van der Waals surface area contributed by atoms with Crippen LogP contribution in [-0.4, -0.2) is 27.6 Å². The summed E-state index contributed by atoms with van der Waals surface area (Å²) in [6.45, 7) is 0. The van der Waals surface area contributed by atoms with E-state index in [1.807, 2.05) is 0 Å². The third-order valence-corrected chi connectivity index (χ3v) is 0.781. The Morgan fingerprint density at radius 3 is 1.55 bits per heavy atom. The Hall–Kier alpha value is -0.503. The van der Waals surface area contributed by atoms with Crippen molar-refractivity contribution in [2.75, 3.05) is 0 Å². The van der Waals surface area contributed by atoms with Crippen LogP contribution in [0.1, 0.15) is 20.7 Å². The number of aliphatic carboxylic acids is 2. The van der Waals surface area contributed by atoms with E-state index in [1.54, 1.807) is 0 Å². The van der Waals surface area contributed by atoms with Gasteiger partial charge in [0, 0.05) is 12.8 Å². The minimum Gasteiger partial charge on any atom is -1.00 e. The maximum absolute atomic E-state index is 9.79. The summed E-state index contributed by atoms with van der Waals surface area (Å²) in [5.41, 5.74) is 0. The first kappa shape index (κ1) is 16.8. The van der Waals surface area contributed by atoms with Gasteiger partial charge in [-0.05, 0) is 6.42 Å². The first-order valence-electron chi connectivity index (χ1n) is 2.56. The number of rotatable bonds is 4. The molecule has 0 bridgehead atoms. The van der Waals surface area contributed by atoms with Crippen LogP contribution in [-0.2, 0) is 9.59 Å². The molecule has 0 spiro atoms. The molecule has 11 heavy (non-hydrogen) atoms. The van der Waals surface area contributed by atoms with Gasteiger partial charge in [-0.25, -0.2) is 0 Å². The zero-order chi connectivity index (χ0) is 7.28. The minimum absolute atomic E-state index is 0. The van der Waals surface area contributed by atoms with Gasteiger partial charge in [-0.1, -0.05) is 0 Å². The van der Waals surface area contributed by atoms with Gasteiger partial charge >= 0.3 is 30.8 Å². The standard InChI is InChI=1S/C5H8O4.Li.H2O.H/c6-4(7)2-1-3-5(8)9;;;/h1-3H2,(H,6,7)(H,8,9);;1H2;/q;+1;;-1. The zero-order valence-electron chi connectivity index (χ0n) is 7.33. The van der Waals surface area contributed by atoms with Crippen molar-refractivity contribution in [1.29, 1.82) is 0 Å². The summed E-state index contributed by atoms with van der Waals surface area (Å²) in [7, 11) is 0. The van der Waals surface area contributed by atoms with Crippen molar-refractivity contribution >= 4 is 11.9 Å². The van der Waals surface area contributed by atoms with Crippen LogP contribution in [0.15, 0.2) is 0 Å². The predicted octanol–water partition coefficient (Wildman–Crippen LogP) is -3.38. The quantitative estimate of drug-likeness (QED) is 0.416. The number of carboxylic acids is 2. The maximum atomic E-state index is 9.79. The second-order valence-corrected chi connectivity index (χ2v) is 1.64. The van der Waals surface area contributed by atoms with E-state index in [2.05, 4.69) is 0 Å². The topological polar surface area (TPSA) is 106 Å². The van der Waals surface area contributed by atoms with Crippen LogP contribution in [0.3, 0.4) is 0 Å². The summed E-state index contributed by atoms with van der Waals surface area (Å²) in [5, 5.41) is 16.1. The SMILES string of the molecule is O.O=C(O)CCCC(=O)O.[H-].[Li+]. The fourth-order valence-corrected chi connectivity index (χ4v) is 0.391. The van der Waals surface area contributed by atoms with E-state index in [0.717, 1.165) is 0 Å². The molecule has 0 aliphatic heterocycles. The molecule has 0 rings (SSSR count). The summed E-state index contributed by atoms with van der Waals surface area (Å²) in [5.74, 6) is -1.90. The van der Waals surface area contributed by atoms with Crippen LogP contribution in [0.4, 0.5) is 0 Å². The molecule has 0 heterocycles. The predicted molar refractivity (Wildman–Crippen MR) is 33.8 cm³/mol. The molecule has 0 aliphatic rings. The summed E-state index contributed by atoms with van der Waals surface area (Å²) < 4.78 is 0.